The number of sulfone groups is 1. The molecule has 30 heavy (non-hydrogen) atoms. The fourth-order valence-electron chi connectivity index (χ4n) is 3.39. The Bertz CT molecular complexity index is 1230. The molecule has 8 heteroatoms. The van der Waals surface area contributed by atoms with Gasteiger partial charge in [-0.2, -0.15) is 0 Å². The van der Waals surface area contributed by atoms with Crippen molar-refractivity contribution in [2.24, 2.45) is 0 Å². The van der Waals surface area contributed by atoms with Crippen LogP contribution in [0.15, 0.2) is 68.9 Å². The van der Waals surface area contributed by atoms with Crippen LogP contribution < -0.4 is 10.2 Å². The zero-order valence-corrected chi connectivity index (χ0v) is 17.1. The lowest BCUT2D eigenvalue weighted by Gasteiger charge is -2.14. The van der Waals surface area contributed by atoms with E-state index in [4.69, 9.17) is 9.15 Å². The lowest BCUT2D eigenvalue weighted by atomic mass is 10.1. The van der Waals surface area contributed by atoms with Crippen molar-refractivity contribution in [2.75, 3.05) is 6.26 Å². The van der Waals surface area contributed by atoms with E-state index in [1.807, 2.05) is 12.1 Å². The molecule has 1 aromatic heterocycles. The van der Waals surface area contributed by atoms with Gasteiger partial charge in [0.1, 0.15) is 24.4 Å². The largest absolute Gasteiger partial charge is 0.482 e. The second-order valence-corrected chi connectivity index (χ2v) is 9.32. The quantitative estimate of drug-likeness (QED) is 0.599. The number of ether oxygens (including phenoxy) is 1. The van der Waals surface area contributed by atoms with Crippen LogP contribution in [0.2, 0.25) is 0 Å². The summed E-state index contributed by atoms with van der Waals surface area (Å²) in [5, 5.41) is 0. The summed E-state index contributed by atoms with van der Waals surface area (Å²) in [6.45, 7) is 1.86. The molecule has 0 radical (unpaired) electrons. The highest BCUT2D eigenvalue weighted by molar-refractivity contribution is 7.90. The number of benzene rings is 2. The number of nitrogens with zero attached hydrogens (tertiary/aromatic N) is 1. The molecule has 2 heterocycles. The molecule has 0 unspecified atom stereocenters. The van der Waals surface area contributed by atoms with E-state index in [-0.39, 0.29) is 28.2 Å². The summed E-state index contributed by atoms with van der Waals surface area (Å²) >= 11 is 0. The van der Waals surface area contributed by atoms with Crippen molar-refractivity contribution in [1.29, 1.82) is 0 Å². The van der Waals surface area contributed by atoms with E-state index in [0.717, 1.165) is 25.4 Å². The van der Waals surface area contributed by atoms with Crippen molar-refractivity contribution in [3.05, 3.63) is 93.3 Å². The maximum Gasteiger partial charge on any atom is 0.227 e. The summed E-state index contributed by atoms with van der Waals surface area (Å²) in [6.07, 6.45) is 2.23. The Morgan fingerprint density at radius 2 is 1.80 bits per heavy atom. The minimum absolute atomic E-state index is 0.0324. The van der Waals surface area contributed by atoms with Crippen LogP contribution in [0.1, 0.15) is 22.5 Å². The van der Waals surface area contributed by atoms with E-state index < -0.39 is 15.7 Å². The van der Waals surface area contributed by atoms with Gasteiger partial charge in [0.05, 0.1) is 11.4 Å². The molecule has 0 saturated carbocycles. The summed E-state index contributed by atoms with van der Waals surface area (Å²) in [6, 6.07) is 13.1. The third-order valence-electron chi connectivity index (χ3n) is 4.97. The Kier molecular flexibility index (Phi) is 5.44. The van der Waals surface area contributed by atoms with Gasteiger partial charge >= 0.3 is 0 Å². The van der Waals surface area contributed by atoms with Crippen LogP contribution in [0, 0.1) is 5.82 Å². The molecule has 1 aliphatic heterocycles. The number of halogens is 1. The average molecular weight is 429 g/mol. The SMILES string of the molecule is CS(=O)(=O)c1ccc(COc2coc(CN3Cc4ccccc4C3)cc2=O)c(F)c1. The van der Waals surface area contributed by atoms with Gasteiger partial charge in [-0.1, -0.05) is 30.3 Å². The van der Waals surface area contributed by atoms with Gasteiger partial charge in [0, 0.05) is 31.0 Å². The Labute approximate surface area is 173 Å². The van der Waals surface area contributed by atoms with Crippen molar-refractivity contribution in [2.45, 2.75) is 31.1 Å². The molecule has 0 aliphatic carbocycles. The minimum Gasteiger partial charge on any atom is -0.482 e. The molecule has 1 aliphatic rings. The first-order valence-electron chi connectivity index (χ1n) is 9.32. The third-order valence-corrected chi connectivity index (χ3v) is 6.08. The normalized spacial score (nSPS) is 13.9. The summed E-state index contributed by atoms with van der Waals surface area (Å²) in [7, 11) is -3.50. The Hall–Kier alpha value is -2.97. The fraction of sp³-hybridized carbons (Fsp3) is 0.227. The van der Waals surface area contributed by atoms with Gasteiger partial charge in [-0.05, 0) is 23.3 Å². The van der Waals surface area contributed by atoms with Gasteiger partial charge in [-0.15, -0.1) is 0 Å². The number of hydrogen-bond donors (Lipinski definition) is 0. The van der Waals surface area contributed by atoms with Crippen LogP contribution in [0.3, 0.4) is 0 Å². The van der Waals surface area contributed by atoms with E-state index in [2.05, 4.69) is 17.0 Å². The van der Waals surface area contributed by atoms with Gasteiger partial charge in [-0.25, -0.2) is 12.8 Å². The van der Waals surface area contributed by atoms with Gasteiger partial charge < -0.3 is 9.15 Å². The van der Waals surface area contributed by atoms with Crippen molar-refractivity contribution in [3.8, 4) is 5.75 Å². The minimum atomic E-state index is -3.50. The molecule has 0 fully saturated rings. The van der Waals surface area contributed by atoms with Crippen LogP contribution in [-0.4, -0.2) is 19.6 Å². The summed E-state index contributed by atoms with van der Waals surface area (Å²) in [5.74, 6) is -0.230. The maximum absolute atomic E-state index is 14.1. The molecule has 6 nitrogen and oxygen atoms in total. The topological polar surface area (TPSA) is 76.8 Å². The first kappa shape index (κ1) is 20.3. The monoisotopic (exact) mass is 429 g/mol. The van der Waals surface area contributed by atoms with Crippen LogP contribution in [0.4, 0.5) is 4.39 Å². The van der Waals surface area contributed by atoms with Crippen LogP contribution in [0.5, 0.6) is 5.75 Å². The summed E-state index contributed by atoms with van der Waals surface area (Å²) in [5.41, 5.74) is 2.31. The smallest absolute Gasteiger partial charge is 0.227 e. The molecule has 156 valence electrons. The number of fused-ring (bicyclic) bond motifs is 1. The van der Waals surface area contributed by atoms with Crippen molar-refractivity contribution in [3.63, 3.8) is 0 Å². The molecule has 0 N–H and O–H groups in total. The van der Waals surface area contributed by atoms with Gasteiger partial charge in [0.25, 0.3) is 0 Å². The number of rotatable bonds is 6. The fourth-order valence-corrected chi connectivity index (χ4v) is 4.03. The van der Waals surface area contributed by atoms with E-state index in [1.165, 1.54) is 35.6 Å². The lowest BCUT2D eigenvalue weighted by Crippen LogP contribution is -2.17. The van der Waals surface area contributed by atoms with Gasteiger partial charge in [0.15, 0.2) is 9.84 Å². The lowest BCUT2D eigenvalue weighted by molar-refractivity contribution is 0.240. The second kappa shape index (κ2) is 8.04. The molecule has 0 spiro atoms. The first-order chi connectivity index (χ1) is 14.3. The second-order valence-electron chi connectivity index (χ2n) is 7.30. The Morgan fingerprint density at radius 1 is 1.10 bits per heavy atom. The Morgan fingerprint density at radius 3 is 2.40 bits per heavy atom. The van der Waals surface area contributed by atoms with Crippen LogP contribution >= 0.6 is 0 Å². The van der Waals surface area contributed by atoms with E-state index in [1.54, 1.807) is 0 Å². The highest BCUT2D eigenvalue weighted by Crippen LogP contribution is 2.24. The molecule has 0 saturated heterocycles. The molecule has 2 aromatic carbocycles. The molecule has 0 bridgehead atoms. The molecule has 0 amide bonds. The zero-order valence-electron chi connectivity index (χ0n) is 16.3. The van der Waals surface area contributed by atoms with Crippen molar-refractivity contribution < 1.29 is 22.0 Å². The van der Waals surface area contributed by atoms with Crippen LogP contribution in [-0.2, 0) is 36.1 Å². The molecular formula is C22H20FNO5S. The standard InChI is InChI=1S/C22H20FNO5S/c1-30(26,27)19-7-6-17(20(23)9-19)13-29-22-14-28-18(8-21(22)25)12-24-10-15-4-2-3-5-16(15)11-24/h2-9,14H,10-13H2,1H3. The van der Waals surface area contributed by atoms with E-state index >= 15 is 0 Å². The zero-order chi connectivity index (χ0) is 21.3. The molecule has 4 rings (SSSR count). The maximum atomic E-state index is 14.1. The van der Waals surface area contributed by atoms with Crippen molar-refractivity contribution >= 4 is 9.84 Å². The highest BCUT2D eigenvalue weighted by Gasteiger charge is 2.19. The van der Waals surface area contributed by atoms with Gasteiger partial charge in [0.2, 0.25) is 11.2 Å². The molecule has 0 atom stereocenters. The average Bonchev–Trinajstić information content (AvgIpc) is 3.09. The third kappa shape index (κ3) is 4.44. The molecular weight excluding hydrogens is 409 g/mol. The summed E-state index contributed by atoms with van der Waals surface area (Å²) < 4.78 is 48.0. The Balaban J connectivity index is 1.40. The highest BCUT2D eigenvalue weighted by atomic mass is 32.2. The predicted molar refractivity (Wildman–Crippen MR) is 108 cm³/mol. The van der Waals surface area contributed by atoms with E-state index in [9.17, 15) is 17.6 Å². The van der Waals surface area contributed by atoms with E-state index in [0.29, 0.717) is 12.3 Å². The van der Waals surface area contributed by atoms with Gasteiger partial charge in [-0.3, -0.25) is 9.69 Å². The summed E-state index contributed by atoms with van der Waals surface area (Å²) in [4.78, 5) is 14.4. The van der Waals surface area contributed by atoms with Crippen LogP contribution in [0.25, 0.3) is 0 Å². The molecule has 3 aromatic rings. The first-order valence-corrected chi connectivity index (χ1v) is 11.2. The predicted octanol–water partition coefficient (Wildman–Crippen LogP) is 3.28. The number of hydrogen-bond acceptors (Lipinski definition) is 6. The van der Waals surface area contributed by atoms with Crippen molar-refractivity contribution in [1.82, 2.24) is 4.90 Å².